The molecule has 0 amide bonds. The molecule has 1 fully saturated rings. The smallest absolute Gasteiger partial charge is 0.305 e. The van der Waals surface area contributed by atoms with E-state index in [1.54, 1.807) is 0 Å². The lowest BCUT2D eigenvalue weighted by Gasteiger charge is -2.20. The second-order valence-corrected chi connectivity index (χ2v) is 4.30. The number of aromatic nitrogens is 2. The summed E-state index contributed by atoms with van der Waals surface area (Å²) in [6.45, 7) is 1.93. The summed E-state index contributed by atoms with van der Waals surface area (Å²) < 4.78 is 5.30. The van der Waals surface area contributed by atoms with Gasteiger partial charge in [0.1, 0.15) is 5.82 Å². The average molecular weight is 251 g/mol. The van der Waals surface area contributed by atoms with E-state index in [0.717, 1.165) is 31.7 Å². The molecule has 0 spiro atoms. The Kier molecular flexibility index (Phi) is 4.46. The highest BCUT2D eigenvalue weighted by Gasteiger charge is 2.17. The molecule has 0 bridgehead atoms. The van der Waals surface area contributed by atoms with E-state index in [1.165, 1.54) is 0 Å². The Balaban J connectivity index is 1.86. The van der Waals surface area contributed by atoms with Gasteiger partial charge in [-0.15, -0.1) is 5.10 Å². The van der Waals surface area contributed by atoms with Crippen LogP contribution in [0.4, 0.5) is 5.82 Å². The van der Waals surface area contributed by atoms with Crippen LogP contribution in [0.3, 0.4) is 0 Å². The number of anilines is 1. The largest absolute Gasteiger partial charge is 0.481 e. The molecule has 2 N–H and O–H groups in total. The van der Waals surface area contributed by atoms with Gasteiger partial charge in [0, 0.05) is 25.7 Å². The number of nitrogens with one attached hydrogen (secondary N) is 1. The van der Waals surface area contributed by atoms with Gasteiger partial charge in [0.15, 0.2) is 0 Å². The summed E-state index contributed by atoms with van der Waals surface area (Å²) in [5, 5.41) is 19.7. The zero-order valence-corrected chi connectivity index (χ0v) is 10.1. The first kappa shape index (κ1) is 12.8. The molecule has 0 radical (unpaired) electrons. The Morgan fingerprint density at radius 2 is 2.17 bits per heavy atom. The van der Waals surface area contributed by atoms with Crippen molar-refractivity contribution in [2.75, 3.05) is 25.1 Å². The van der Waals surface area contributed by atoms with E-state index in [0.29, 0.717) is 18.3 Å². The fourth-order valence-electron chi connectivity index (χ4n) is 1.95. The molecule has 6 nitrogen and oxygen atoms in total. The van der Waals surface area contributed by atoms with Crippen molar-refractivity contribution in [2.24, 2.45) is 0 Å². The van der Waals surface area contributed by atoms with Crippen molar-refractivity contribution in [1.82, 2.24) is 10.2 Å². The number of carboxylic acids is 1. The van der Waals surface area contributed by atoms with Gasteiger partial charge in [-0.25, -0.2) is 0 Å². The summed E-state index contributed by atoms with van der Waals surface area (Å²) in [7, 11) is 0. The number of ether oxygens (including phenoxy) is 1. The zero-order chi connectivity index (χ0) is 12.8. The van der Waals surface area contributed by atoms with Gasteiger partial charge in [-0.05, 0) is 25.0 Å². The monoisotopic (exact) mass is 251 g/mol. The summed E-state index contributed by atoms with van der Waals surface area (Å²) in [6.07, 6.45) is 2.05. The van der Waals surface area contributed by atoms with E-state index < -0.39 is 5.97 Å². The minimum Gasteiger partial charge on any atom is -0.481 e. The third-order valence-electron chi connectivity index (χ3n) is 2.97. The van der Waals surface area contributed by atoms with Gasteiger partial charge in [0.2, 0.25) is 0 Å². The highest BCUT2D eigenvalue weighted by Crippen LogP contribution is 2.24. The lowest BCUT2D eigenvalue weighted by Crippen LogP contribution is -2.16. The van der Waals surface area contributed by atoms with Crippen molar-refractivity contribution in [3.05, 3.63) is 17.8 Å². The van der Waals surface area contributed by atoms with E-state index in [2.05, 4.69) is 15.5 Å². The molecule has 1 aliphatic rings. The maximum absolute atomic E-state index is 10.4. The van der Waals surface area contributed by atoms with Crippen LogP contribution in [0.15, 0.2) is 12.1 Å². The van der Waals surface area contributed by atoms with Gasteiger partial charge in [-0.2, -0.15) is 5.10 Å². The van der Waals surface area contributed by atoms with E-state index in [4.69, 9.17) is 9.84 Å². The van der Waals surface area contributed by atoms with Gasteiger partial charge in [-0.3, -0.25) is 4.79 Å². The van der Waals surface area contributed by atoms with Crippen LogP contribution >= 0.6 is 0 Å². The van der Waals surface area contributed by atoms with Crippen LogP contribution in [0.1, 0.15) is 30.9 Å². The standard InChI is InChI=1S/C12H17N3O3/c16-12(17)3-6-13-11-2-1-10(14-15-11)9-4-7-18-8-5-9/h1-2,9H,3-8H2,(H,13,15)(H,16,17). The van der Waals surface area contributed by atoms with Gasteiger partial charge in [-0.1, -0.05) is 0 Å². The Bertz CT molecular complexity index is 388. The van der Waals surface area contributed by atoms with Gasteiger partial charge >= 0.3 is 5.97 Å². The van der Waals surface area contributed by atoms with Crippen LogP contribution in [0.2, 0.25) is 0 Å². The molecule has 0 saturated carbocycles. The number of carboxylic acid groups (broad SMARTS) is 1. The molecule has 98 valence electrons. The Hall–Kier alpha value is -1.69. The molecular formula is C12H17N3O3. The number of hydrogen-bond donors (Lipinski definition) is 2. The number of aliphatic carboxylic acids is 1. The van der Waals surface area contributed by atoms with Crippen molar-refractivity contribution in [2.45, 2.75) is 25.2 Å². The highest BCUT2D eigenvalue weighted by atomic mass is 16.5. The maximum Gasteiger partial charge on any atom is 0.305 e. The van der Waals surface area contributed by atoms with Crippen LogP contribution < -0.4 is 5.32 Å². The van der Waals surface area contributed by atoms with Crippen LogP contribution in [-0.2, 0) is 9.53 Å². The Morgan fingerprint density at radius 1 is 1.39 bits per heavy atom. The first-order valence-electron chi connectivity index (χ1n) is 6.13. The molecule has 18 heavy (non-hydrogen) atoms. The average Bonchev–Trinajstić information content (AvgIpc) is 2.40. The summed E-state index contributed by atoms with van der Waals surface area (Å²) in [4.78, 5) is 10.4. The first-order valence-corrected chi connectivity index (χ1v) is 6.13. The highest BCUT2D eigenvalue weighted by molar-refractivity contribution is 5.67. The molecule has 0 aliphatic carbocycles. The molecule has 0 aromatic carbocycles. The molecule has 1 aromatic rings. The predicted molar refractivity (Wildman–Crippen MR) is 65.6 cm³/mol. The van der Waals surface area contributed by atoms with E-state index in [9.17, 15) is 4.79 Å². The molecule has 1 aromatic heterocycles. The minimum absolute atomic E-state index is 0.0728. The van der Waals surface area contributed by atoms with Crippen LogP contribution in [0, 0.1) is 0 Å². The fraction of sp³-hybridized carbons (Fsp3) is 0.583. The Labute approximate surface area is 105 Å². The topological polar surface area (TPSA) is 84.3 Å². The van der Waals surface area contributed by atoms with Crippen LogP contribution in [-0.4, -0.2) is 41.0 Å². The van der Waals surface area contributed by atoms with Crippen molar-refractivity contribution < 1.29 is 14.6 Å². The van der Waals surface area contributed by atoms with Gasteiger partial charge < -0.3 is 15.2 Å². The molecule has 0 atom stereocenters. The predicted octanol–water partition coefficient (Wildman–Crippen LogP) is 1.26. The first-order chi connectivity index (χ1) is 8.75. The van der Waals surface area contributed by atoms with Gasteiger partial charge in [0.05, 0.1) is 12.1 Å². The van der Waals surface area contributed by atoms with Crippen molar-refractivity contribution in [1.29, 1.82) is 0 Å². The molecule has 2 rings (SSSR count). The number of hydrogen-bond acceptors (Lipinski definition) is 5. The normalized spacial score (nSPS) is 16.4. The number of nitrogens with zero attached hydrogens (tertiary/aromatic N) is 2. The summed E-state index contributed by atoms with van der Waals surface area (Å²) in [6, 6.07) is 3.80. The van der Waals surface area contributed by atoms with E-state index >= 15 is 0 Å². The molecule has 1 aliphatic heterocycles. The summed E-state index contributed by atoms with van der Waals surface area (Å²) >= 11 is 0. The van der Waals surface area contributed by atoms with Crippen molar-refractivity contribution in [3.63, 3.8) is 0 Å². The fourth-order valence-corrected chi connectivity index (χ4v) is 1.95. The second kappa shape index (κ2) is 6.30. The summed E-state index contributed by atoms with van der Waals surface area (Å²) in [5.41, 5.74) is 0.988. The molecule has 2 heterocycles. The quantitative estimate of drug-likeness (QED) is 0.819. The SMILES string of the molecule is O=C(O)CCNc1ccc(C2CCOCC2)nn1. The third kappa shape index (κ3) is 3.66. The molecular weight excluding hydrogens is 234 g/mol. The molecule has 1 saturated heterocycles. The molecule has 0 unspecified atom stereocenters. The maximum atomic E-state index is 10.4. The second-order valence-electron chi connectivity index (χ2n) is 4.30. The van der Waals surface area contributed by atoms with Gasteiger partial charge in [0.25, 0.3) is 0 Å². The number of carbonyl (C=O) groups is 1. The number of rotatable bonds is 5. The molecule has 6 heteroatoms. The van der Waals surface area contributed by atoms with Crippen molar-refractivity contribution >= 4 is 11.8 Å². The summed E-state index contributed by atoms with van der Waals surface area (Å²) in [5.74, 6) is 0.223. The lowest BCUT2D eigenvalue weighted by molar-refractivity contribution is -0.136. The van der Waals surface area contributed by atoms with E-state index in [-0.39, 0.29) is 6.42 Å². The Morgan fingerprint density at radius 3 is 2.78 bits per heavy atom. The van der Waals surface area contributed by atoms with Crippen LogP contribution in [0.5, 0.6) is 0 Å². The third-order valence-corrected chi connectivity index (χ3v) is 2.97. The van der Waals surface area contributed by atoms with E-state index in [1.807, 2.05) is 12.1 Å². The lowest BCUT2D eigenvalue weighted by atomic mass is 9.96. The zero-order valence-electron chi connectivity index (χ0n) is 10.1. The van der Waals surface area contributed by atoms with Crippen LogP contribution in [0.25, 0.3) is 0 Å². The minimum atomic E-state index is -0.825. The van der Waals surface area contributed by atoms with Crippen molar-refractivity contribution in [3.8, 4) is 0 Å².